The van der Waals surface area contributed by atoms with E-state index in [1.807, 2.05) is 30.3 Å². The van der Waals surface area contributed by atoms with Gasteiger partial charge in [0.05, 0.1) is 16.6 Å². The van der Waals surface area contributed by atoms with Crippen molar-refractivity contribution in [2.24, 2.45) is 5.16 Å². The minimum absolute atomic E-state index is 0.0272. The van der Waals surface area contributed by atoms with Crippen molar-refractivity contribution in [1.29, 1.82) is 5.26 Å². The molecule has 1 aromatic heterocycles. The van der Waals surface area contributed by atoms with E-state index in [0.717, 1.165) is 15.8 Å². The summed E-state index contributed by atoms with van der Waals surface area (Å²) >= 11 is 7.11. The van der Waals surface area contributed by atoms with Crippen LogP contribution in [0.3, 0.4) is 0 Å². The molecule has 0 aliphatic heterocycles. The number of carbonyl (C=O) groups excluding carboxylic acids is 1. The van der Waals surface area contributed by atoms with E-state index in [1.165, 1.54) is 11.3 Å². The molecule has 3 aromatic rings. The maximum absolute atomic E-state index is 11.8. The normalized spacial score (nSPS) is 11.2. The molecule has 0 aliphatic rings. The lowest BCUT2D eigenvalue weighted by Gasteiger charge is -1.99. The molecule has 5 nitrogen and oxygen atoms in total. The third-order valence-electron chi connectivity index (χ3n) is 3.10. The van der Waals surface area contributed by atoms with Crippen molar-refractivity contribution in [1.82, 2.24) is 4.98 Å². The van der Waals surface area contributed by atoms with Crippen LogP contribution in [-0.2, 0) is 16.1 Å². The van der Waals surface area contributed by atoms with Gasteiger partial charge in [-0.05, 0) is 29.8 Å². The number of oxime groups is 1. The first kappa shape index (κ1) is 16.1. The number of fused-ring (bicyclic) bond motifs is 1. The molecule has 0 aliphatic carbocycles. The predicted octanol–water partition coefficient (Wildman–Crippen LogP) is 3.96. The highest BCUT2D eigenvalue weighted by Gasteiger charge is 2.12. The first-order valence-electron chi connectivity index (χ1n) is 6.94. The lowest BCUT2D eigenvalue weighted by atomic mass is 10.2. The Balaban J connectivity index is 1.72. The lowest BCUT2D eigenvalue weighted by Crippen LogP contribution is -2.07. The summed E-state index contributed by atoms with van der Waals surface area (Å²) < 4.78 is 0.933. The predicted molar refractivity (Wildman–Crippen MR) is 93.0 cm³/mol. The smallest absolute Gasteiger partial charge is 0.316 e. The molecule has 0 spiro atoms. The van der Waals surface area contributed by atoms with E-state index in [-0.39, 0.29) is 12.1 Å². The van der Waals surface area contributed by atoms with Gasteiger partial charge in [0.2, 0.25) is 5.71 Å². The van der Waals surface area contributed by atoms with Crippen LogP contribution in [0.1, 0.15) is 10.6 Å². The summed E-state index contributed by atoms with van der Waals surface area (Å²) in [6, 6.07) is 16.2. The molecule has 1 heterocycles. The molecule has 0 atom stereocenters. The minimum atomic E-state index is -0.564. The Morgan fingerprint density at radius 3 is 2.71 bits per heavy atom. The van der Waals surface area contributed by atoms with E-state index in [1.54, 1.807) is 24.3 Å². The van der Waals surface area contributed by atoms with Crippen molar-refractivity contribution in [3.05, 3.63) is 64.1 Å². The fourth-order valence-corrected chi connectivity index (χ4v) is 3.00. The van der Waals surface area contributed by atoms with E-state index >= 15 is 0 Å². The monoisotopic (exact) mass is 355 g/mol. The molecule has 7 heteroatoms. The average molecular weight is 356 g/mol. The van der Waals surface area contributed by atoms with Gasteiger partial charge < -0.3 is 4.84 Å². The van der Waals surface area contributed by atoms with Crippen LogP contribution in [0.4, 0.5) is 0 Å². The van der Waals surface area contributed by atoms with Crippen molar-refractivity contribution in [2.45, 2.75) is 6.42 Å². The second kappa shape index (κ2) is 7.21. The van der Waals surface area contributed by atoms with Crippen LogP contribution in [0.5, 0.6) is 0 Å². The number of rotatable bonds is 4. The lowest BCUT2D eigenvalue weighted by molar-refractivity contribution is -0.142. The number of thiazole rings is 1. The number of para-hydroxylation sites is 1. The molecule has 0 radical (unpaired) electrons. The van der Waals surface area contributed by atoms with Crippen molar-refractivity contribution in [3.63, 3.8) is 0 Å². The van der Waals surface area contributed by atoms with Gasteiger partial charge in [0.15, 0.2) is 5.01 Å². The first-order chi connectivity index (χ1) is 11.7. The van der Waals surface area contributed by atoms with Crippen molar-refractivity contribution in [3.8, 4) is 6.07 Å². The third-order valence-corrected chi connectivity index (χ3v) is 4.40. The van der Waals surface area contributed by atoms with Gasteiger partial charge in [-0.3, -0.25) is 0 Å². The molecule has 118 valence electrons. The maximum atomic E-state index is 11.8. The molecular formula is C17H10ClN3O2S. The summed E-state index contributed by atoms with van der Waals surface area (Å²) in [7, 11) is 0. The molecule has 3 rings (SSSR count). The molecule has 0 bridgehead atoms. The van der Waals surface area contributed by atoms with E-state index < -0.39 is 5.97 Å². The van der Waals surface area contributed by atoms with E-state index in [0.29, 0.717) is 10.0 Å². The fraction of sp³-hybridized carbons (Fsp3) is 0.0588. The number of hydrogen-bond acceptors (Lipinski definition) is 6. The Labute approximate surface area is 146 Å². The number of halogens is 1. The van der Waals surface area contributed by atoms with Crippen LogP contribution < -0.4 is 0 Å². The second-order valence-electron chi connectivity index (χ2n) is 4.80. The number of carbonyl (C=O) groups is 1. The number of nitriles is 1. The van der Waals surface area contributed by atoms with Gasteiger partial charge in [-0.15, -0.1) is 11.3 Å². The Morgan fingerprint density at radius 1 is 1.25 bits per heavy atom. The highest BCUT2D eigenvalue weighted by Crippen LogP contribution is 2.22. The van der Waals surface area contributed by atoms with Gasteiger partial charge in [-0.2, -0.15) is 5.26 Å². The van der Waals surface area contributed by atoms with Crippen LogP contribution in [-0.4, -0.2) is 16.7 Å². The molecule has 24 heavy (non-hydrogen) atoms. The Bertz CT molecular complexity index is 925. The summed E-state index contributed by atoms with van der Waals surface area (Å²) in [6.07, 6.45) is 0.0409. The van der Waals surface area contributed by atoms with Crippen molar-refractivity contribution in [2.75, 3.05) is 0 Å². The Morgan fingerprint density at radius 2 is 2.00 bits per heavy atom. The summed E-state index contributed by atoms with van der Waals surface area (Å²) in [5.74, 6) is -0.564. The standard InChI is InChI=1S/C17H10ClN3O2S/c18-12-7-5-11(6-8-12)9-16(22)23-21-14(10-19)17-20-13-3-1-2-4-15(13)24-17/h1-8H,9H2/b21-14+. The molecule has 0 saturated heterocycles. The number of benzene rings is 2. The van der Waals surface area contributed by atoms with Crippen LogP contribution in [0.15, 0.2) is 53.7 Å². The second-order valence-corrected chi connectivity index (χ2v) is 6.27. The van der Waals surface area contributed by atoms with E-state index in [4.69, 9.17) is 16.4 Å². The molecule has 0 amide bonds. The Kier molecular flexibility index (Phi) is 4.85. The van der Waals surface area contributed by atoms with Gasteiger partial charge in [-0.1, -0.05) is 41.0 Å². The van der Waals surface area contributed by atoms with E-state index in [9.17, 15) is 10.1 Å². The van der Waals surface area contributed by atoms with Gasteiger partial charge >= 0.3 is 5.97 Å². The van der Waals surface area contributed by atoms with E-state index in [2.05, 4.69) is 10.1 Å². The third kappa shape index (κ3) is 3.77. The fourth-order valence-electron chi connectivity index (χ4n) is 1.98. The van der Waals surface area contributed by atoms with Crippen LogP contribution in [0, 0.1) is 11.3 Å². The van der Waals surface area contributed by atoms with Crippen LogP contribution >= 0.6 is 22.9 Å². The molecule has 0 unspecified atom stereocenters. The number of hydrogen-bond donors (Lipinski definition) is 0. The number of aromatic nitrogens is 1. The largest absolute Gasteiger partial charge is 0.339 e. The molecule has 0 N–H and O–H groups in total. The zero-order valence-corrected chi connectivity index (χ0v) is 13.8. The molecule has 0 fully saturated rings. The maximum Gasteiger partial charge on any atom is 0.339 e. The zero-order chi connectivity index (χ0) is 16.9. The van der Waals surface area contributed by atoms with Gasteiger partial charge in [0.1, 0.15) is 6.07 Å². The summed E-state index contributed by atoms with van der Waals surface area (Å²) in [6.45, 7) is 0. The van der Waals surface area contributed by atoms with Crippen LogP contribution in [0.25, 0.3) is 10.2 Å². The Hall–Kier alpha value is -2.75. The zero-order valence-electron chi connectivity index (χ0n) is 12.3. The van der Waals surface area contributed by atoms with Gasteiger partial charge in [-0.25, -0.2) is 9.78 Å². The first-order valence-corrected chi connectivity index (χ1v) is 8.13. The average Bonchev–Trinajstić information content (AvgIpc) is 3.01. The quantitative estimate of drug-likeness (QED) is 0.403. The van der Waals surface area contributed by atoms with Crippen molar-refractivity contribution >= 4 is 44.8 Å². The minimum Gasteiger partial charge on any atom is -0.316 e. The van der Waals surface area contributed by atoms with Crippen molar-refractivity contribution < 1.29 is 9.63 Å². The summed E-state index contributed by atoms with van der Waals surface area (Å²) in [4.78, 5) is 21.0. The van der Waals surface area contributed by atoms with Crippen LogP contribution in [0.2, 0.25) is 5.02 Å². The molecule has 0 saturated carbocycles. The summed E-state index contributed by atoms with van der Waals surface area (Å²) in [5.41, 5.74) is 1.49. The van der Waals surface area contributed by atoms with Gasteiger partial charge in [0, 0.05) is 5.02 Å². The van der Waals surface area contributed by atoms with Gasteiger partial charge in [0.25, 0.3) is 0 Å². The summed E-state index contributed by atoms with van der Waals surface area (Å²) in [5, 5.41) is 13.9. The molecule has 2 aromatic carbocycles. The number of nitrogens with zero attached hydrogens (tertiary/aromatic N) is 3. The topological polar surface area (TPSA) is 75.3 Å². The highest BCUT2D eigenvalue weighted by molar-refractivity contribution is 7.20. The highest BCUT2D eigenvalue weighted by atomic mass is 35.5. The SMILES string of the molecule is N#C/C(=N\OC(=O)Cc1ccc(Cl)cc1)c1nc2ccccc2s1. The molecular weight excluding hydrogens is 346 g/mol.